The molecule has 0 bridgehead atoms. The number of amides is 1. The van der Waals surface area contributed by atoms with Gasteiger partial charge in [-0.25, -0.2) is 0 Å². The fourth-order valence-corrected chi connectivity index (χ4v) is 1.43. The molecule has 0 atom stereocenters. The molecule has 0 radical (unpaired) electrons. The molecule has 0 aromatic heterocycles. The lowest BCUT2D eigenvalue weighted by Gasteiger charge is -2.13. The van der Waals surface area contributed by atoms with Crippen LogP contribution in [0.5, 0.6) is 0 Å². The Bertz CT molecular complexity index is 458. The van der Waals surface area contributed by atoms with Crippen LogP contribution in [-0.2, 0) is 9.53 Å². The Labute approximate surface area is 108 Å². The van der Waals surface area contributed by atoms with E-state index in [0.29, 0.717) is 6.54 Å². The van der Waals surface area contributed by atoms with Gasteiger partial charge in [0.2, 0.25) is 5.91 Å². The van der Waals surface area contributed by atoms with Gasteiger partial charge in [0, 0.05) is 26.8 Å². The fourth-order valence-electron chi connectivity index (χ4n) is 1.43. The number of ether oxygens (including phenoxy) is 1. The van der Waals surface area contributed by atoms with Crippen molar-refractivity contribution in [1.29, 1.82) is 0 Å². The second-order valence-corrected chi connectivity index (χ2v) is 3.92. The van der Waals surface area contributed by atoms with Crippen molar-refractivity contribution in [1.82, 2.24) is 5.32 Å². The first-order valence-corrected chi connectivity index (χ1v) is 5.66. The molecule has 1 amide bonds. The number of para-hydroxylation sites is 1. The molecule has 0 aliphatic rings. The number of nitrogens with zero attached hydrogens (tertiary/aromatic N) is 1. The van der Waals surface area contributed by atoms with Crippen molar-refractivity contribution in [2.45, 2.75) is 0 Å². The van der Waals surface area contributed by atoms with Crippen LogP contribution in [0.1, 0.15) is 5.56 Å². The van der Waals surface area contributed by atoms with E-state index in [2.05, 4.69) is 17.2 Å². The molecular formula is C14H18N2O2. The number of hydrogen-bond acceptors (Lipinski definition) is 3. The third-order valence-corrected chi connectivity index (χ3v) is 2.26. The minimum absolute atomic E-state index is 0.0654. The first kappa shape index (κ1) is 14.1. The zero-order valence-corrected chi connectivity index (χ0v) is 11.0. The van der Waals surface area contributed by atoms with E-state index in [1.807, 2.05) is 43.3 Å². The minimum Gasteiger partial charge on any atom is -0.377 e. The topological polar surface area (TPSA) is 41.6 Å². The van der Waals surface area contributed by atoms with E-state index < -0.39 is 0 Å². The number of carbonyl (C=O) groups is 1. The Hall–Kier alpha value is -1.99. The van der Waals surface area contributed by atoms with Crippen LogP contribution in [0, 0.1) is 11.8 Å². The molecule has 0 fully saturated rings. The summed E-state index contributed by atoms with van der Waals surface area (Å²) in [5.41, 5.74) is 2.01. The molecule has 1 N–H and O–H groups in total. The molecule has 96 valence electrons. The summed E-state index contributed by atoms with van der Waals surface area (Å²) >= 11 is 0. The number of anilines is 1. The Morgan fingerprint density at radius 1 is 1.39 bits per heavy atom. The average Bonchev–Trinajstić information content (AvgIpc) is 2.35. The predicted molar refractivity (Wildman–Crippen MR) is 72.5 cm³/mol. The van der Waals surface area contributed by atoms with Gasteiger partial charge < -0.3 is 15.0 Å². The van der Waals surface area contributed by atoms with Crippen LogP contribution >= 0.6 is 0 Å². The molecule has 0 unspecified atom stereocenters. The lowest BCUT2D eigenvalue weighted by Crippen LogP contribution is -2.27. The van der Waals surface area contributed by atoms with Crippen molar-refractivity contribution in [2.75, 3.05) is 39.3 Å². The summed E-state index contributed by atoms with van der Waals surface area (Å²) < 4.78 is 4.70. The Morgan fingerprint density at radius 2 is 2.11 bits per heavy atom. The van der Waals surface area contributed by atoms with Gasteiger partial charge in [0.25, 0.3) is 0 Å². The monoisotopic (exact) mass is 246 g/mol. The van der Waals surface area contributed by atoms with Crippen molar-refractivity contribution in [3.05, 3.63) is 29.8 Å². The summed E-state index contributed by atoms with van der Waals surface area (Å²) in [5.74, 6) is 5.81. The van der Waals surface area contributed by atoms with Crippen molar-refractivity contribution < 1.29 is 9.53 Å². The summed E-state index contributed by atoms with van der Waals surface area (Å²) in [5, 5.41) is 2.65. The van der Waals surface area contributed by atoms with Crippen molar-refractivity contribution in [3.63, 3.8) is 0 Å². The van der Waals surface area contributed by atoms with E-state index >= 15 is 0 Å². The average molecular weight is 246 g/mol. The largest absolute Gasteiger partial charge is 0.377 e. The van der Waals surface area contributed by atoms with Gasteiger partial charge in [0.15, 0.2) is 0 Å². The molecule has 18 heavy (non-hydrogen) atoms. The highest BCUT2D eigenvalue weighted by Gasteiger charge is 2.00. The van der Waals surface area contributed by atoms with Gasteiger partial charge in [0.05, 0.1) is 12.2 Å². The standard InChI is InChI=1S/C14H18N2O2/c1-16(2)13-9-5-4-7-12(13)8-6-10-15-14(17)11-18-3/h4-5,7,9H,10-11H2,1-3H3,(H,15,17). The molecule has 0 aliphatic carbocycles. The molecule has 1 aromatic carbocycles. The maximum atomic E-state index is 11.1. The van der Waals surface area contributed by atoms with Gasteiger partial charge in [0.1, 0.15) is 6.61 Å². The molecule has 0 saturated heterocycles. The molecule has 4 heteroatoms. The third kappa shape index (κ3) is 4.48. The molecule has 1 rings (SSSR count). The van der Waals surface area contributed by atoms with E-state index in [-0.39, 0.29) is 12.5 Å². The van der Waals surface area contributed by atoms with E-state index in [1.165, 1.54) is 7.11 Å². The van der Waals surface area contributed by atoms with E-state index in [1.54, 1.807) is 0 Å². The smallest absolute Gasteiger partial charge is 0.246 e. The van der Waals surface area contributed by atoms with E-state index in [0.717, 1.165) is 11.3 Å². The molecule has 4 nitrogen and oxygen atoms in total. The van der Waals surface area contributed by atoms with Gasteiger partial charge >= 0.3 is 0 Å². The Balaban J connectivity index is 2.60. The van der Waals surface area contributed by atoms with Gasteiger partial charge in [-0.15, -0.1) is 0 Å². The van der Waals surface area contributed by atoms with Crippen LogP contribution in [0.2, 0.25) is 0 Å². The van der Waals surface area contributed by atoms with Gasteiger partial charge in [-0.3, -0.25) is 4.79 Å². The van der Waals surface area contributed by atoms with Crippen molar-refractivity contribution >= 4 is 11.6 Å². The van der Waals surface area contributed by atoms with Gasteiger partial charge in [-0.1, -0.05) is 24.0 Å². The Kier molecular flexibility index (Phi) is 5.75. The summed E-state index contributed by atoms with van der Waals surface area (Å²) in [7, 11) is 5.43. The van der Waals surface area contributed by atoms with Crippen LogP contribution in [0.25, 0.3) is 0 Å². The first-order valence-electron chi connectivity index (χ1n) is 5.66. The zero-order valence-electron chi connectivity index (χ0n) is 11.0. The summed E-state index contributed by atoms with van der Waals surface area (Å²) in [6, 6.07) is 7.88. The molecule has 0 saturated carbocycles. The molecule has 1 aromatic rings. The zero-order chi connectivity index (χ0) is 13.4. The summed E-state index contributed by atoms with van der Waals surface area (Å²) in [6.07, 6.45) is 0. The van der Waals surface area contributed by atoms with Crippen LogP contribution < -0.4 is 10.2 Å². The highest BCUT2D eigenvalue weighted by atomic mass is 16.5. The highest BCUT2D eigenvalue weighted by molar-refractivity contribution is 5.77. The van der Waals surface area contributed by atoms with Crippen molar-refractivity contribution in [3.8, 4) is 11.8 Å². The van der Waals surface area contributed by atoms with Crippen LogP contribution in [0.15, 0.2) is 24.3 Å². The number of carbonyl (C=O) groups excluding carboxylic acids is 1. The summed E-state index contributed by atoms with van der Waals surface area (Å²) in [4.78, 5) is 13.1. The van der Waals surface area contributed by atoms with E-state index in [9.17, 15) is 4.79 Å². The van der Waals surface area contributed by atoms with Gasteiger partial charge in [-0.05, 0) is 12.1 Å². The van der Waals surface area contributed by atoms with Crippen LogP contribution in [-0.4, -0.2) is 40.3 Å². The predicted octanol–water partition coefficient (Wildman–Crippen LogP) is 0.867. The number of nitrogens with one attached hydrogen (secondary N) is 1. The quantitative estimate of drug-likeness (QED) is 0.801. The highest BCUT2D eigenvalue weighted by Crippen LogP contribution is 2.16. The second kappa shape index (κ2) is 7.36. The normalized spacial score (nSPS) is 9.28. The fraction of sp³-hybridized carbons (Fsp3) is 0.357. The molecule has 0 heterocycles. The second-order valence-electron chi connectivity index (χ2n) is 3.92. The third-order valence-electron chi connectivity index (χ3n) is 2.26. The minimum atomic E-state index is -0.160. The van der Waals surface area contributed by atoms with Gasteiger partial charge in [-0.2, -0.15) is 0 Å². The Morgan fingerprint density at radius 3 is 2.78 bits per heavy atom. The number of benzene rings is 1. The van der Waals surface area contributed by atoms with Crippen LogP contribution in [0.4, 0.5) is 5.69 Å². The maximum Gasteiger partial charge on any atom is 0.246 e. The SMILES string of the molecule is COCC(=O)NCC#Cc1ccccc1N(C)C. The number of rotatable bonds is 4. The maximum absolute atomic E-state index is 11.1. The first-order chi connectivity index (χ1) is 8.65. The van der Waals surface area contributed by atoms with E-state index in [4.69, 9.17) is 4.74 Å². The lowest BCUT2D eigenvalue weighted by molar-refractivity contribution is -0.124. The van der Waals surface area contributed by atoms with Crippen molar-refractivity contribution in [2.24, 2.45) is 0 Å². The molecule has 0 aliphatic heterocycles. The summed E-state index contributed by atoms with van der Waals surface area (Å²) in [6.45, 7) is 0.389. The lowest BCUT2D eigenvalue weighted by atomic mass is 10.1. The number of methoxy groups -OCH3 is 1. The van der Waals surface area contributed by atoms with Crippen LogP contribution in [0.3, 0.4) is 0 Å². The molecule has 0 spiro atoms. The molecular weight excluding hydrogens is 228 g/mol. The number of hydrogen-bond donors (Lipinski definition) is 1.